The van der Waals surface area contributed by atoms with Gasteiger partial charge in [0.1, 0.15) is 5.70 Å². The number of halogens is 3. The van der Waals surface area contributed by atoms with Gasteiger partial charge in [-0.05, 0) is 48.0 Å². The van der Waals surface area contributed by atoms with Crippen molar-refractivity contribution < 1.29 is 14.7 Å². The SMILES string of the molecule is O=C1N/C(=C/c2cc(Cl)c(O)c(Cl)c2)C(=O)N1c1ccc(Cl)cc1. The Morgan fingerprint density at radius 1 is 1.00 bits per heavy atom. The molecule has 0 aromatic heterocycles. The van der Waals surface area contributed by atoms with E-state index in [9.17, 15) is 14.7 Å². The maximum absolute atomic E-state index is 12.5. The Balaban J connectivity index is 1.95. The summed E-state index contributed by atoms with van der Waals surface area (Å²) in [5.74, 6) is -0.771. The molecule has 1 fully saturated rings. The van der Waals surface area contributed by atoms with Gasteiger partial charge < -0.3 is 10.4 Å². The van der Waals surface area contributed by atoms with Gasteiger partial charge >= 0.3 is 6.03 Å². The van der Waals surface area contributed by atoms with Crippen molar-refractivity contribution in [2.24, 2.45) is 0 Å². The molecule has 0 unspecified atom stereocenters. The zero-order valence-corrected chi connectivity index (χ0v) is 14.2. The standard InChI is InChI=1S/C16H9Cl3N2O3/c17-9-1-3-10(4-2-9)21-15(23)13(20-16(21)24)7-8-5-11(18)14(22)12(19)6-8/h1-7,22H,(H,20,24)/b13-7+. The number of nitrogens with zero attached hydrogens (tertiary/aromatic N) is 1. The first kappa shape index (κ1) is 16.6. The Morgan fingerprint density at radius 2 is 1.58 bits per heavy atom. The molecule has 0 aliphatic carbocycles. The second-order valence-corrected chi connectivity index (χ2v) is 6.19. The minimum absolute atomic E-state index is 0.0423. The predicted octanol–water partition coefficient (Wildman–Crippen LogP) is 4.45. The van der Waals surface area contributed by atoms with E-state index in [2.05, 4.69) is 5.32 Å². The lowest BCUT2D eigenvalue weighted by Gasteiger charge is -2.11. The Morgan fingerprint density at radius 3 is 2.17 bits per heavy atom. The third-order valence-corrected chi connectivity index (χ3v) is 4.14. The minimum atomic E-state index is -0.579. The average Bonchev–Trinajstić information content (AvgIpc) is 2.80. The van der Waals surface area contributed by atoms with Crippen LogP contribution in [-0.4, -0.2) is 17.0 Å². The molecule has 0 saturated carbocycles. The summed E-state index contributed by atoms with van der Waals surface area (Å²) in [7, 11) is 0. The molecule has 3 amide bonds. The zero-order chi connectivity index (χ0) is 17.4. The first-order valence-corrected chi connectivity index (χ1v) is 7.81. The van der Waals surface area contributed by atoms with E-state index in [0.29, 0.717) is 16.3 Å². The minimum Gasteiger partial charge on any atom is -0.505 e. The molecule has 5 nitrogen and oxygen atoms in total. The van der Waals surface area contributed by atoms with Gasteiger partial charge in [0.25, 0.3) is 5.91 Å². The van der Waals surface area contributed by atoms with Crippen LogP contribution < -0.4 is 10.2 Å². The number of amides is 3. The number of benzene rings is 2. The normalized spacial score (nSPS) is 16.0. The molecule has 0 radical (unpaired) electrons. The van der Waals surface area contributed by atoms with Gasteiger partial charge in [0.2, 0.25) is 0 Å². The molecule has 0 bridgehead atoms. The highest BCUT2D eigenvalue weighted by Gasteiger charge is 2.34. The average molecular weight is 384 g/mol. The summed E-state index contributed by atoms with van der Waals surface area (Å²) in [5, 5.41) is 12.6. The summed E-state index contributed by atoms with van der Waals surface area (Å²) in [6, 6.07) is 8.58. The zero-order valence-electron chi connectivity index (χ0n) is 11.9. The fraction of sp³-hybridized carbons (Fsp3) is 0. The molecule has 3 rings (SSSR count). The van der Waals surface area contributed by atoms with Crippen molar-refractivity contribution >= 4 is 58.5 Å². The third-order valence-electron chi connectivity index (χ3n) is 3.31. The molecule has 2 N–H and O–H groups in total. The van der Waals surface area contributed by atoms with Crippen LogP contribution in [0.5, 0.6) is 5.75 Å². The Hall–Kier alpha value is -2.21. The molecule has 122 valence electrons. The van der Waals surface area contributed by atoms with Gasteiger partial charge in [-0.2, -0.15) is 0 Å². The van der Waals surface area contributed by atoms with Crippen LogP contribution >= 0.6 is 34.8 Å². The summed E-state index contributed by atoms with van der Waals surface area (Å²) in [6.07, 6.45) is 1.42. The van der Waals surface area contributed by atoms with Crippen LogP contribution in [0.25, 0.3) is 6.08 Å². The van der Waals surface area contributed by atoms with Crippen LogP contribution in [0.3, 0.4) is 0 Å². The second-order valence-electron chi connectivity index (χ2n) is 4.94. The van der Waals surface area contributed by atoms with E-state index in [-0.39, 0.29) is 21.5 Å². The van der Waals surface area contributed by atoms with Crippen molar-refractivity contribution in [3.05, 3.63) is 62.7 Å². The second kappa shape index (κ2) is 6.36. The molecular weight excluding hydrogens is 375 g/mol. The lowest BCUT2D eigenvalue weighted by atomic mass is 10.1. The monoisotopic (exact) mass is 382 g/mol. The van der Waals surface area contributed by atoms with E-state index in [1.165, 1.54) is 18.2 Å². The Labute approximate surface area is 152 Å². The first-order valence-electron chi connectivity index (χ1n) is 6.67. The number of carbonyl (C=O) groups excluding carboxylic acids is 2. The van der Waals surface area contributed by atoms with Crippen molar-refractivity contribution in [2.75, 3.05) is 4.90 Å². The predicted molar refractivity (Wildman–Crippen MR) is 93.6 cm³/mol. The largest absolute Gasteiger partial charge is 0.505 e. The summed E-state index contributed by atoms with van der Waals surface area (Å²) < 4.78 is 0. The van der Waals surface area contributed by atoms with Crippen LogP contribution in [0.2, 0.25) is 15.1 Å². The van der Waals surface area contributed by atoms with Crippen LogP contribution in [0, 0.1) is 0 Å². The van der Waals surface area contributed by atoms with Gasteiger partial charge in [-0.15, -0.1) is 0 Å². The summed E-state index contributed by atoms with van der Waals surface area (Å²) in [5.41, 5.74) is 0.921. The molecule has 0 atom stereocenters. The van der Waals surface area contributed by atoms with E-state index in [1.54, 1.807) is 24.3 Å². The number of anilines is 1. The topological polar surface area (TPSA) is 69.6 Å². The van der Waals surface area contributed by atoms with Crippen molar-refractivity contribution in [3.8, 4) is 5.75 Å². The molecule has 24 heavy (non-hydrogen) atoms. The van der Waals surface area contributed by atoms with Gasteiger partial charge in [-0.1, -0.05) is 34.8 Å². The van der Waals surface area contributed by atoms with Crippen LogP contribution in [0.1, 0.15) is 5.56 Å². The summed E-state index contributed by atoms with van der Waals surface area (Å²) in [4.78, 5) is 25.5. The van der Waals surface area contributed by atoms with Gasteiger partial charge in [-0.25, -0.2) is 9.69 Å². The van der Waals surface area contributed by atoms with Gasteiger partial charge in [0, 0.05) is 5.02 Å². The fourth-order valence-corrected chi connectivity index (χ4v) is 2.82. The van der Waals surface area contributed by atoms with Gasteiger partial charge in [-0.3, -0.25) is 4.79 Å². The number of hydrogen-bond acceptors (Lipinski definition) is 3. The van der Waals surface area contributed by atoms with Crippen molar-refractivity contribution in [3.63, 3.8) is 0 Å². The highest BCUT2D eigenvalue weighted by atomic mass is 35.5. The van der Waals surface area contributed by atoms with E-state index in [1.807, 2.05) is 0 Å². The van der Waals surface area contributed by atoms with Crippen LogP contribution in [0.15, 0.2) is 42.1 Å². The maximum Gasteiger partial charge on any atom is 0.333 e. The number of rotatable bonds is 2. The number of phenolic OH excluding ortho intramolecular Hbond substituents is 1. The lowest BCUT2D eigenvalue weighted by molar-refractivity contribution is -0.113. The van der Waals surface area contributed by atoms with E-state index >= 15 is 0 Å². The van der Waals surface area contributed by atoms with Crippen molar-refractivity contribution in [1.82, 2.24) is 5.32 Å². The van der Waals surface area contributed by atoms with Gasteiger partial charge in [0.15, 0.2) is 5.75 Å². The van der Waals surface area contributed by atoms with Crippen LogP contribution in [-0.2, 0) is 4.79 Å². The van der Waals surface area contributed by atoms with E-state index < -0.39 is 11.9 Å². The molecule has 1 aliphatic rings. The molecule has 2 aromatic rings. The number of imide groups is 1. The number of aromatic hydroxyl groups is 1. The number of phenols is 1. The molecule has 1 saturated heterocycles. The summed E-state index contributed by atoms with van der Waals surface area (Å²) >= 11 is 17.5. The fourth-order valence-electron chi connectivity index (χ4n) is 2.19. The molecule has 2 aromatic carbocycles. The molecule has 1 heterocycles. The Bertz CT molecular complexity index is 856. The molecular formula is C16H9Cl3N2O3. The highest BCUT2D eigenvalue weighted by molar-refractivity contribution is 6.37. The number of carbonyl (C=O) groups is 2. The van der Waals surface area contributed by atoms with Crippen molar-refractivity contribution in [2.45, 2.75) is 0 Å². The molecule has 8 heteroatoms. The maximum atomic E-state index is 12.5. The number of hydrogen-bond donors (Lipinski definition) is 2. The summed E-state index contributed by atoms with van der Waals surface area (Å²) in [6.45, 7) is 0. The van der Waals surface area contributed by atoms with Crippen molar-refractivity contribution in [1.29, 1.82) is 0 Å². The smallest absolute Gasteiger partial charge is 0.333 e. The molecule has 0 spiro atoms. The number of nitrogens with one attached hydrogen (secondary N) is 1. The first-order chi connectivity index (χ1) is 11.4. The van der Waals surface area contributed by atoms with E-state index in [4.69, 9.17) is 34.8 Å². The van der Waals surface area contributed by atoms with Gasteiger partial charge in [0.05, 0.1) is 15.7 Å². The lowest BCUT2D eigenvalue weighted by Crippen LogP contribution is -2.30. The third kappa shape index (κ3) is 3.06. The van der Waals surface area contributed by atoms with E-state index in [0.717, 1.165) is 4.90 Å². The van der Waals surface area contributed by atoms with Crippen LogP contribution in [0.4, 0.5) is 10.5 Å². The molecule has 1 aliphatic heterocycles. The quantitative estimate of drug-likeness (QED) is 0.594. The highest BCUT2D eigenvalue weighted by Crippen LogP contribution is 2.33. The Kier molecular flexibility index (Phi) is 4.41. The number of urea groups is 1.